The average Bonchev–Trinajstić information content (AvgIpc) is 2.27. The first-order chi connectivity index (χ1) is 7.29. The van der Waals surface area contributed by atoms with E-state index in [9.17, 15) is 4.79 Å². The van der Waals surface area contributed by atoms with Gasteiger partial charge in [-0.05, 0) is 32.1 Å². The minimum Gasteiger partial charge on any atom is -0.340 e. The van der Waals surface area contributed by atoms with Crippen LogP contribution < -0.4 is 0 Å². The fourth-order valence-corrected chi connectivity index (χ4v) is 2.43. The number of nitrogens with zero attached hydrogens (tertiary/aromatic N) is 1. The fourth-order valence-electron chi connectivity index (χ4n) is 2.43. The second-order valence-electron chi connectivity index (χ2n) is 4.63. The molecule has 1 aliphatic rings. The topological polar surface area (TPSA) is 20.3 Å². The van der Waals surface area contributed by atoms with Crippen molar-refractivity contribution >= 4 is 5.91 Å². The number of carbonyl (C=O) groups is 1. The third-order valence-corrected chi connectivity index (χ3v) is 3.31. The average molecular weight is 211 g/mol. The van der Waals surface area contributed by atoms with Crippen molar-refractivity contribution in [2.45, 2.75) is 71.3 Å². The molecule has 1 amide bonds. The zero-order valence-electron chi connectivity index (χ0n) is 10.3. The van der Waals surface area contributed by atoms with E-state index in [2.05, 4.69) is 18.7 Å². The second-order valence-corrected chi connectivity index (χ2v) is 4.63. The predicted octanol–water partition coefficient (Wildman–Crippen LogP) is 3.36. The standard InChI is InChI=1S/C13H25NO/c1-3-5-10-13(15)14-11-7-6-9-12(14)8-4-2/h12H,3-11H2,1-2H3/t12-/m0/s1. The highest BCUT2D eigenvalue weighted by atomic mass is 16.2. The van der Waals surface area contributed by atoms with Gasteiger partial charge in [-0.3, -0.25) is 4.79 Å². The van der Waals surface area contributed by atoms with Gasteiger partial charge in [-0.15, -0.1) is 0 Å². The van der Waals surface area contributed by atoms with Crippen LogP contribution in [-0.2, 0) is 4.79 Å². The van der Waals surface area contributed by atoms with Crippen molar-refractivity contribution in [1.29, 1.82) is 0 Å². The van der Waals surface area contributed by atoms with E-state index in [4.69, 9.17) is 0 Å². The number of likely N-dealkylation sites (tertiary alicyclic amines) is 1. The van der Waals surface area contributed by atoms with Crippen molar-refractivity contribution in [3.05, 3.63) is 0 Å². The molecule has 0 aromatic heterocycles. The highest BCUT2D eigenvalue weighted by molar-refractivity contribution is 5.76. The lowest BCUT2D eigenvalue weighted by molar-refractivity contribution is -0.135. The Morgan fingerprint density at radius 3 is 2.73 bits per heavy atom. The van der Waals surface area contributed by atoms with Crippen LogP contribution >= 0.6 is 0 Å². The summed E-state index contributed by atoms with van der Waals surface area (Å²) in [4.78, 5) is 14.1. The number of rotatable bonds is 5. The normalized spacial score (nSPS) is 21.7. The first-order valence-electron chi connectivity index (χ1n) is 6.59. The van der Waals surface area contributed by atoms with Crippen LogP contribution in [0.5, 0.6) is 0 Å². The van der Waals surface area contributed by atoms with Gasteiger partial charge in [0.15, 0.2) is 0 Å². The van der Waals surface area contributed by atoms with Crippen LogP contribution in [0, 0.1) is 0 Å². The van der Waals surface area contributed by atoms with Gasteiger partial charge in [-0.25, -0.2) is 0 Å². The van der Waals surface area contributed by atoms with E-state index in [1.54, 1.807) is 0 Å². The maximum atomic E-state index is 12.0. The molecule has 0 bridgehead atoms. The Morgan fingerprint density at radius 2 is 2.07 bits per heavy atom. The Hall–Kier alpha value is -0.530. The van der Waals surface area contributed by atoms with Crippen LogP contribution in [-0.4, -0.2) is 23.4 Å². The van der Waals surface area contributed by atoms with Gasteiger partial charge < -0.3 is 4.90 Å². The van der Waals surface area contributed by atoms with E-state index in [0.717, 1.165) is 25.8 Å². The van der Waals surface area contributed by atoms with Crippen LogP contribution in [0.2, 0.25) is 0 Å². The van der Waals surface area contributed by atoms with E-state index in [-0.39, 0.29) is 0 Å². The van der Waals surface area contributed by atoms with E-state index in [1.165, 1.54) is 32.1 Å². The van der Waals surface area contributed by atoms with Crippen molar-refractivity contribution in [3.8, 4) is 0 Å². The molecule has 1 saturated heterocycles. The van der Waals surface area contributed by atoms with Gasteiger partial charge in [0.1, 0.15) is 0 Å². The molecule has 15 heavy (non-hydrogen) atoms. The van der Waals surface area contributed by atoms with Crippen LogP contribution in [0.25, 0.3) is 0 Å². The van der Waals surface area contributed by atoms with E-state index >= 15 is 0 Å². The quantitative estimate of drug-likeness (QED) is 0.683. The molecule has 0 aromatic carbocycles. The number of unbranched alkanes of at least 4 members (excludes halogenated alkanes) is 1. The minimum atomic E-state index is 0.398. The fraction of sp³-hybridized carbons (Fsp3) is 0.923. The zero-order chi connectivity index (χ0) is 11.1. The van der Waals surface area contributed by atoms with Gasteiger partial charge in [-0.2, -0.15) is 0 Å². The molecule has 1 atom stereocenters. The van der Waals surface area contributed by atoms with Crippen molar-refractivity contribution in [2.24, 2.45) is 0 Å². The predicted molar refractivity (Wildman–Crippen MR) is 63.8 cm³/mol. The number of carbonyl (C=O) groups excluding carboxylic acids is 1. The molecule has 1 heterocycles. The number of piperidine rings is 1. The molecule has 0 saturated carbocycles. The molecule has 0 aliphatic carbocycles. The van der Waals surface area contributed by atoms with Crippen LogP contribution in [0.3, 0.4) is 0 Å². The summed E-state index contributed by atoms with van der Waals surface area (Å²) in [5.74, 6) is 0.398. The van der Waals surface area contributed by atoms with E-state index in [1.807, 2.05) is 0 Å². The molecule has 1 rings (SSSR count). The van der Waals surface area contributed by atoms with Gasteiger partial charge in [-0.1, -0.05) is 26.7 Å². The lowest BCUT2D eigenvalue weighted by atomic mass is 9.97. The molecule has 1 aliphatic heterocycles. The second kappa shape index (κ2) is 6.86. The van der Waals surface area contributed by atoms with Gasteiger partial charge >= 0.3 is 0 Å². The molecule has 88 valence electrons. The zero-order valence-corrected chi connectivity index (χ0v) is 10.3. The van der Waals surface area contributed by atoms with Crippen molar-refractivity contribution in [2.75, 3.05) is 6.54 Å². The SMILES string of the molecule is CCCCC(=O)N1CCCC[C@@H]1CCC. The highest BCUT2D eigenvalue weighted by Crippen LogP contribution is 2.21. The summed E-state index contributed by atoms with van der Waals surface area (Å²) in [5.41, 5.74) is 0. The van der Waals surface area contributed by atoms with E-state index in [0.29, 0.717) is 11.9 Å². The molecule has 0 N–H and O–H groups in total. The smallest absolute Gasteiger partial charge is 0.222 e. The highest BCUT2D eigenvalue weighted by Gasteiger charge is 2.24. The lowest BCUT2D eigenvalue weighted by Crippen LogP contribution is -2.43. The molecule has 2 nitrogen and oxygen atoms in total. The molecule has 2 heteroatoms. The van der Waals surface area contributed by atoms with Crippen molar-refractivity contribution in [1.82, 2.24) is 4.90 Å². The largest absolute Gasteiger partial charge is 0.340 e. The molecule has 1 fully saturated rings. The maximum absolute atomic E-state index is 12.0. The summed E-state index contributed by atoms with van der Waals surface area (Å²) in [6, 6.07) is 0.549. The number of amides is 1. The molecule has 0 radical (unpaired) electrons. The molecule has 0 unspecified atom stereocenters. The number of hydrogen-bond acceptors (Lipinski definition) is 1. The monoisotopic (exact) mass is 211 g/mol. The van der Waals surface area contributed by atoms with Crippen molar-refractivity contribution in [3.63, 3.8) is 0 Å². The first kappa shape index (κ1) is 12.5. The third kappa shape index (κ3) is 3.84. The lowest BCUT2D eigenvalue weighted by Gasteiger charge is -2.36. The summed E-state index contributed by atoms with van der Waals surface area (Å²) in [7, 11) is 0. The van der Waals surface area contributed by atoms with Crippen molar-refractivity contribution < 1.29 is 4.79 Å². The van der Waals surface area contributed by atoms with Gasteiger partial charge in [0.2, 0.25) is 5.91 Å². The number of hydrogen-bond donors (Lipinski definition) is 0. The maximum Gasteiger partial charge on any atom is 0.222 e. The molecular formula is C13H25NO. The first-order valence-corrected chi connectivity index (χ1v) is 6.59. The Kier molecular flexibility index (Phi) is 5.74. The van der Waals surface area contributed by atoms with Crippen LogP contribution in [0.4, 0.5) is 0 Å². The van der Waals surface area contributed by atoms with Crippen LogP contribution in [0.1, 0.15) is 65.2 Å². The molecular weight excluding hydrogens is 186 g/mol. The molecule has 0 spiro atoms. The Morgan fingerprint density at radius 1 is 1.27 bits per heavy atom. The summed E-state index contributed by atoms with van der Waals surface area (Å²) < 4.78 is 0. The summed E-state index contributed by atoms with van der Waals surface area (Å²) in [5, 5.41) is 0. The van der Waals surface area contributed by atoms with Gasteiger partial charge in [0, 0.05) is 19.0 Å². The van der Waals surface area contributed by atoms with Gasteiger partial charge in [0.25, 0.3) is 0 Å². The Bertz CT molecular complexity index is 189. The Balaban J connectivity index is 2.43. The summed E-state index contributed by atoms with van der Waals surface area (Å²) >= 11 is 0. The summed E-state index contributed by atoms with van der Waals surface area (Å²) in [6.07, 6.45) is 9.06. The third-order valence-electron chi connectivity index (χ3n) is 3.31. The van der Waals surface area contributed by atoms with Gasteiger partial charge in [0.05, 0.1) is 0 Å². The van der Waals surface area contributed by atoms with Crippen LogP contribution in [0.15, 0.2) is 0 Å². The van der Waals surface area contributed by atoms with E-state index < -0.39 is 0 Å². The minimum absolute atomic E-state index is 0.398. The molecule has 0 aromatic rings. The summed E-state index contributed by atoms with van der Waals surface area (Å²) in [6.45, 7) is 5.36. The Labute approximate surface area is 94.0 Å².